The molecule has 0 radical (unpaired) electrons. The minimum Gasteiger partial charge on any atom is -0.330 e. The summed E-state index contributed by atoms with van der Waals surface area (Å²) >= 11 is 0. The number of hydrogen-bond donors (Lipinski definition) is 1. The van der Waals surface area contributed by atoms with Crippen LogP contribution in [0.2, 0.25) is 0 Å². The normalized spacial score (nSPS) is 19.5. The first kappa shape index (κ1) is 17.2. The van der Waals surface area contributed by atoms with Gasteiger partial charge in [-0.05, 0) is 57.8 Å². The molecule has 4 heteroatoms. The summed E-state index contributed by atoms with van der Waals surface area (Å²) < 4.78 is 2.15. The fraction of sp³-hybridized carbons (Fsp3) is 0.812. The topological polar surface area (TPSA) is 47.1 Å². The number of aromatic nitrogens is 2. The van der Waals surface area contributed by atoms with Gasteiger partial charge in [0.05, 0.1) is 12.2 Å². The number of likely N-dealkylation sites (tertiary alicyclic amines) is 1. The molecule has 0 amide bonds. The number of rotatable bonds is 6. The Morgan fingerprint density at radius 2 is 2.10 bits per heavy atom. The Morgan fingerprint density at radius 3 is 2.75 bits per heavy atom. The highest BCUT2D eigenvalue weighted by molar-refractivity contribution is 5.01. The van der Waals surface area contributed by atoms with Gasteiger partial charge in [-0.15, -0.1) is 0 Å². The van der Waals surface area contributed by atoms with Crippen molar-refractivity contribution in [1.82, 2.24) is 14.7 Å². The number of aryl methyl sites for hydroxylation is 1. The zero-order valence-electron chi connectivity index (χ0n) is 13.5. The predicted molar refractivity (Wildman–Crippen MR) is 85.9 cm³/mol. The van der Waals surface area contributed by atoms with Crippen LogP contribution in [0.4, 0.5) is 0 Å². The zero-order chi connectivity index (χ0) is 14.8. The monoisotopic (exact) mass is 280 g/mol. The number of unbranched alkanes of at least 4 members (excludes halogenated alkanes) is 2. The minimum atomic E-state index is 0.571. The van der Waals surface area contributed by atoms with E-state index in [1.165, 1.54) is 44.3 Å². The number of piperidine rings is 1. The maximum absolute atomic E-state index is 5.52. The van der Waals surface area contributed by atoms with Crippen molar-refractivity contribution in [2.24, 2.45) is 5.73 Å². The van der Waals surface area contributed by atoms with E-state index in [2.05, 4.69) is 27.8 Å². The molecule has 0 aromatic carbocycles. The number of hydrogen-bond acceptors (Lipinski definition) is 3. The van der Waals surface area contributed by atoms with Gasteiger partial charge < -0.3 is 10.6 Å². The Labute approximate surface area is 124 Å². The van der Waals surface area contributed by atoms with Crippen molar-refractivity contribution >= 4 is 0 Å². The summed E-state index contributed by atoms with van der Waals surface area (Å²) in [6.07, 6.45) is 10.4. The van der Waals surface area contributed by atoms with E-state index in [4.69, 9.17) is 5.73 Å². The second kappa shape index (κ2) is 9.94. The number of nitrogens with two attached hydrogens (primary N) is 1. The SMILES string of the molecule is CC.Cc1cnn(C2CCCN(CCCCCN)C2)c1. The molecule has 2 rings (SSSR count). The van der Waals surface area contributed by atoms with Crippen molar-refractivity contribution < 1.29 is 0 Å². The molecular formula is C16H32N4. The Hall–Kier alpha value is -0.870. The molecule has 0 bridgehead atoms. The first-order valence-corrected chi connectivity index (χ1v) is 8.23. The second-order valence-electron chi connectivity index (χ2n) is 5.44. The van der Waals surface area contributed by atoms with Crippen LogP contribution in [0.5, 0.6) is 0 Å². The lowest BCUT2D eigenvalue weighted by Gasteiger charge is -2.32. The van der Waals surface area contributed by atoms with Crippen LogP contribution in [0.3, 0.4) is 0 Å². The molecule has 2 N–H and O–H groups in total. The molecule has 20 heavy (non-hydrogen) atoms. The summed E-state index contributed by atoms with van der Waals surface area (Å²) in [6, 6.07) is 0.571. The van der Waals surface area contributed by atoms with Crippen molar-refractivity contribution in [1.29, 1.82) is 0 Å². The summed E-state index contributed by atoms with van der Waals surface area (Å²) in [5.41, 5.74) is 6.78. The lowest BCUT2D eigenvalue weighted by molar-refractivity contribution is 0.167. The standard InChI is InChI=1S/C14H26N4.C2H6/c1-13-10-16-18(11-13)14-6-5-9-17(12-14)8-4-2-3-7-15;1-2/h10-11,14H,2-9,12,15H2,1H3;1-2H3. The van der Waals surface area contributed by atoms with E-state index in [0.29, 0.717) is 6.04 Å². The molecule has 4 nitrogen and oxygen atoms in total. The predicted octanol–water partition coefficient (Wildman–Crippen LogP) is 2.98. The first-order valence-electron chi connectivity index (χ1n) is 8.23. The van der Waals surface area contributed by atoms with Crippen molar-refractivity contribution in [2.75, 3.05) is 26.2 Å². The maximum Gasteiger partial charge on any atom is 0.0646 e. The van der Waals surface area contributed by atoms with Gasteiger partial charge in [-0.2, -0.15) is 5.10 Å². The molecule has 1 aliphatic heterocycles. The van der Waals surface area contributed by atoms with Gasteiger partial charge in [0.15, 0.2) is 0 Å². The average Bonchev–Trinajstić information content (AvgIpc) is 2.93. The zero-order valence-corrected chi connectivity index (χ0v) is 13.5. The van der Waals surface area contributed by atoms with Crippen LogP contribution in [0.15, 0.2) is 12.4 Å². The Morgan fingerprint density at radius 1 is 1.30 bits per heavy atom. The molecule has 1 atom stereocenters. The van der Waals surface area contributed by atoms with Crippen LogP contribution in [0.25, 0.3) is 0 Å². The van der Waals surface area contributed by atoms with Gasteiger partial charge >= 0.3 is 0 Å². The molecule has 0 saturated carbocycles. The van der Waals surface area contributed by atoms with Crippen molar-refractivity contribution in [2.45, 2.75) is 58.9 Å². The third-order valence-electron chi connectivity index (χ3n) is 3.76. The fourth-order valence-electron chi connectivity index (χ4n) is 2.74. The van der Waals surface area contributed by atoms with Gasteiger partial charge in [0, 0.05) is 12.7 Å². The molecule has 2 heterocycles. The van der Waals surface area contributed by atoms with E-state index in [-0.39, 0.29) is 0 Å². The highest BCUT2D eigenvalue weighted by Crippen LogP contribution is 2.21. The lowest BCUT2D eigenvalue weighted by atomic mass is 10.1. The maximum atomic E-state index is 5.52. The molecule has 116 valence electrons. The fourth-order valence-corrected chi connectivity index (χ4v) is 2.74. The Balaban J connectivity index is 0.000000956. The van der Waals surface area contributed by atoms with Crippen LogP contribution in [0, 0.1) is 6.92 Å². The number of nitrogens with zero attached hydrogens (tertiary/aromatic N) is 3. The van der Waals surface area contributed by atoms with Crippen molar-refractivity contribution in [3.63, 3.8) is 0 Å². The Bertz CT molecular complexity index is 348. The van der Waals surface area contributed by atoms with E-state index in [0.717, 1.165) is 19.5 Å². The van der Waals surface area contributed by atoms with E-state index in [1.54, 1.807) is 0 Å². The summed E-state index contributed by atoms with van der Waals surface area (Å²) in [4.78, 5) is 2.59. The van der Waals surface area contributed by atoms with Crippen LogP contribution in [-0.4, -0.2) is 40.9 Å². The van der Waals surface area contributed by atoms with Gasteiger partial charge in [0.2, 0.25) is 0 Å². The molecule has 0 aliphatic carbocycles. The molecule has 0 spiro atoms. The van der Waals surface area contributed by atoms with Gasteiger partial charge in [-0.25, -0.2) is 0 Å². The van der Waals surface area contributed by atoms with Crippen molar-refractivity contribution in [3.8, 4) is 0 Å². The van der Waals surface area contributed by atoms with Crippen LogP contribution < -0.4 is 5.73 Å². The smallest absolute Gasteiger partial charge is 0.0646 e. The van der Waals surface area contributed by atoms with Crippen LogP contribution in [-0.2, 0) is 0 Å². The van der Waals surface area contributed by atoms with Gasteiger partial charge in [0.25, 0.3) is 0 Å². The first-order chi connectivity index (χ1) is 9.79. The van der Waals surface area contributed by atoms with E-state index >= 15 is 0 Å². The van der Waals surface area contributed by atoms with E-state index in [1.807, 2.05) is 20.0 Å². The summed E-state index contributed by atoms with van der Waals surface area (Å²) in [5.74, 6) is 0. The van der Waals surface area contributed by atoms with Crippen LogP contribution >= 0.6 is 0 Å². The summed E-state index contributed by atoms with van der Waals surface area (Å²) in [7, 11) is 0. The van der Waals surface area contributed by atoms with E-state index in [9.17, 15) is 0 Å². The summed E-state index contributed by atoms with van der Waals surface area (Å²) in [5, 5.41) is 4.46. The third-order valence-corrected chi connectivity index (χ3v) is 3.76. The van der Waals surface area contributed by atoms with Crippen LogP contribution in [0.1, 0.15) is 57.6 Å². The summed E-state index contributed by atoms with van der Waals surface area (Å²) in [6.45, 7) is 10.6. The van der Waals surface area contributed by atoms with Gasteiger partial charge in [0.1, 0.15) is 0 Å². The second-order valence-corrected chi connectivity index (χ2v) is 5.44. The lowest BCUT2D eigenvalue weighted by Crippen LogP contribution is -2.37. The third kappa shape index (κ3) is 5.63. The average molecular weight is 280 g/mol. The molecular weight excluding hydrogens is 248 g/mol. The van der Waals surface area contributed by atoms with Crippen molar-refractivity contribution in [3.05, 3.63) is 18.0 Å². The molecule has 1 saturated heterocycles. The molecule has 1 unspecified atom stereocenters. The van der Waals surface area contributed by atoms with Gasteiger partial charge in [-0.1, -0.05) is 20.3 Å². The van der Waals surface area contributed by atoms with E-state index < -0.39 is 0 Å². The Kier molecular flexibility index (Phi) is 8.54. The molecule has 1 fully saturated rings. The largest absolute Gasteiger partial charge is 0.330 e. The highest BCUT2D eigenvalue weighted by Gasteiger charge is 2.21. The molecule has 1 aliphatic rings. The van der Waals surface area contributed by atoms with Gasteiger partial charge in [-0.3, -0.25) is 4.68 Å². The molecule has 1 aromatic heterocycles. The highest BCUT2D eigenvalue weighted by atomic mass is 15.3. The minimum absolute atomic E-state index is 0.571. The molecule has 1 aromatic rings. The quantitative estimate of drug-likeness (QED) is 0.815.